The van der Waals surface area contributed by atoms with Crippen molar-refractivity contribution >= 4 is 23.5 Å². The summed E-state index contributed by atoms with van der Waals surface area (Å²) in [7, 11) is 0. The van der Waals surface area contributed by atoms with Crippen LogP contribution in [0.1, 0.15) is 69.6 Å². The number of hydrogen-bond acceptors (Lipinski definition) is 6. The minimum Gasteiger partial charge on any atom is -0.459 e. The summed E-state index contributed by atoms with van der Waals surface area (Å²) in [5.41, 5.74) is 7.17. The highest BCUT2D eigenvalue weighted by molar-refractivity contribution is 6.30. The normalized spacial score (nSPS) is 16.2. The van der Waals surface area contributed by atoms with E-state index in [1.165, 1.54) is 0 Å². The number of halogens is 1. The zero-order chi connectivity index (χ0) is 31.8. The standard InChI is InChI=1S/C36H46ClN3O4/c1-34(2,3)44-33(42)31(38)25-32(41)39-26-35(27-11-6-4-7-12-27,28-13-8-5-9-14-28)19-10-22-40-23-20-36(43,21-24-40)29-15-17-30(37)18-16-29/h4-9,11-18,31,43H,10,19-26,38H2,1-3H3,(H,39,41). The van der Waals surface area contributed by atoms with Crippen LogP contribution in [0.5, 0.6) is 0 Å². The molecule has 0 bridgehead atoms. The third kappa shape index (κ3) is 8.91. The molecule has 1 unspecified atom stereocenters. The van der Waals surface area contributed by atoms with Crippen LogP contribution in [-0.2, 0) is 25.3 Å². The fourth-order valence-electron chi connectivity index (χ4n) is 6.04. The molecule has 1 aliphatic rings. The van der Waals surface area contributed by atoms with Crippen molar-refractivity contribution in [1.29, 1.82) is 0 Å². The fourth-order valence-corrected chi connectivity index (χ4v) is 6.17. The fraction of sp³-hybridized carbons (Fsp3) is 0.444. The molecular weight excluding hydrogens is 574 g/mol. The zero-order valence-corrected chi connectivity index (χ0v) is 26.9. The zero-order valence-electron chi connectivity index (χ0n) is 26.1. The van der Waals surface area contributed by atoms with Crippen molar-refractivity contribution in [1.82, 2.24) is 10.2 Å². The van der Waals surface area contributed by atoms with Crippen molar-refractivity contribution in [2.24, 2.45) is 5.73 Å². The van der Waals surface area contributed by atoms with E-state index in [-0.39, 0.29) is 12.3 Å². The van der Waals surface area contributed by atoms with Crippen molar-refractivity contribution in [3.63, 3.8) is 0 Å². The van der Waals surface area contributed by atoms with Crippen LogP contribution in [0.15, 0.2) is 84.9 Å². The monoisotopic (exact) mass is 619 g/mol. The van der Waals surface area contributed by atoms with Crippen molar-refractivity contribution in [3.05, 3.63) is 107 Å². The second kappa shape index (κ2) is 14.7. The van der Waals surface area contributed by atoms with Crippen LogP contribution in [-0.4, -0.2) is 59.7 Å². The molecule has 3 aromatic carbocycles. The van der Waals surface area contributed by atoms with Gasteiger partial charge in [-0.15, -0.1) is 0 Å². The van der Waals surface area contributed by atoms with Crippen LogP contribution in [0.4, 0.5) is 0 Å². The summed E-state index contributed by atoms with van der Waals surface area (Å²) in [5.74, 6) is -0.883. The minimum absolute atomic E-state index is 0.154. The minimum atomic E-state index is -1.04. The Balaban J connectivity index is 1.45. The second-order valence-corrected chi connectivity index (χ2v) is 13.4. The first-order valence-corrected chi connectivity index (χ1v) is 15.9. The Morgan fingerprint density at radius 3 is 2.02 bits per heavy atom. The van der Waals surface area contributed by atoms with E-state index >= 15 is 0 Å². The van der Waals surface area contributed by atoms with Gasteiger partial charge in [0.2, 0.25) is 5.91 Å². The number of ether oxygens (including phenoxy) is 1. The smallest absolute Gasteiger partial charge is 0.323 e. The van der Waals surface area contributed by atoms with Gasteiger partial charge in [0.1, 0.15) is 11.6 Å². The molecule has 4 N–H and O–H groups in total. The third-order valence-electron chi connectivity index (χ3n) is 8.50. The molecule has 1 atom stereocenters. The molecule has 44 heavy (non-hydrogen) atoms. The lowest BCUT2D eigenvalue weighted by molar-refractivity contribution is -0.157. The summed E-state index contributed by atoms with van der Waals surface area (Å²) in [6.07, 6.45) is 2.84. The van der Waals surface area contributed by atoms with Gasteiger partial charge in [-0.05, 0) is 81.8 Å². The molecule has 0 spiro atoms. The summed E-state index contributed by atoms with van der Waals surface area (Å²) in [6, 6.07) is 27.0. The summed E-state index contributed by atoms with van der Waals surface area (Å²) < 4.78 is 5.37. The number of piperidine rings is 1. The van der Waals surface area contributed by atoms with E-state index < -0.39 is 28.6 Å². The molecular formula is C36H46ClN3O4. The summed E-state index contributed by atoms with van der Waals surface area (Å²) in [4.78, 5) is 27.9. The molecule has 1 aliphatic heterocycles. The molecule has 1 saturated heterocycles. The first-order chi connectivity index (χ1) is 20.9. The van der Waals surface area contributed by atoms with E-state index in [4.69, 9.17) is 22.1 Å². The van der Waals surface area contributed by atoms with E-state index in [2.05, 4.69) is 34.5 Å². The Morgan fingerprint density at radius 2 is 1.50 bits per heavy atom. The Bertz CT molecular complexity index is 1310. The van der Waals surface area contributed by atoms with Gasteiger partial charge in [-0.25, -0.2) is 0 Å². The first kappa shape index (κ1) is 33.7. The van der Waals surface area contributed by atoms with Gasteiger partial charge in [0.25, 0.3) is 0 Å². The summed E-state index contributed by atoms with van der Waals surface area (Å²) in [5, 5.41) is 15.1. The third-order valence-corrected chi connectivity index (χ3v) is 8.75. The summed E-state index contributed by atoms with van der Waals surface area (Å²) in [6.45, 7) is 8.14. The number of esters is 1. The highest BCUT2D eigenvalue weighted by Gasteiger charge is 2.37. The van der Waals surface area contributed by atoms with E-state index in [0.29, 0.717) is 24.4 Å². The maximum atomic E-state index is 13.1. The summed E-state index contributed by atoms with van der Waals surface area (Å²) >= 11 is 6.06. The lowest BCUT2D eigenvalue weighted by Crippen LogP contribution is -2.46. The topological polar surface area (TPSA) is 105 Å². The molecule has 1 amide bonds. The van der Waals surface area contributed by atoms with Gasteiger partial charge in [0.05, 0.1) is 12.0 Å². The van der Waals surface area contributed by atoms with Crippen LogP contribution >= 0.6 is 11.6 Å². The number of aliphatic hydroxyl groups is 1. The van der Waals surface area contributed by atoms with Gasteiger partial charge in [-0.1, -0.05) is 84.4 Å². The number of rotatable bonds is 12. The first-order valence-electron chi connectivity index (χ1n) is 15.5. The molecule has 0 aromatic heterocycles. The number of amides is 1. The maximum absolute atomic E-state index is 13.1. The lowest BCUT2D eigenvalue weighted by atomic mass is 9.71. The Labute approximate surface area is 266 Å². The van der Waals surface area contributed by atoms with Crippen molar-refractivity contribution < 1.29 is 19.4 Å². The van der Waals surface area contributed by atoms with Crippen LogP contribution < -0.4 is 11.1 Å². The number of nitrogens with zero attached hydrogens (tertiary/aromatic N) is 1. The van der Waals surface area contributed by atoms with Crippen molar-refractivity contribution in [3.8, 4) is 0 Å². The van der Waals surface area contributed by atoms with Crippen LogP contribution in [0.2, 0.25) is 5.02 Å². The number of nitrogens with one attached hydrogen (secondary N) is 1. The van der Waals surface area contributed by atoms with E-state index in [9.17, 15) is 14.7 Å². The number of benzene rings is 3. The van der Waals surface area contributed by atoms with Crippen LogP contribution in [0.25, 0.3) is 0 Å². The number of carbonyl (C=O) groups excluding carboxylic acids is 2. The number of hydrogen-bond donors (Lipinski definition) is 3. The van der Waals surface area contributed by atoms with E-state index in [0.717, 1.165) is 49.2 Å². The van der Waals surface area contributed by atoms with Gasteiger partial charge in [-0.3, -0.25) is 9.59 Å². The molecule has 3 aromatic rings. The quantitative estimate of drug-likeness (QED) is 0.229. The number of carbonyl (C=O) groups is 2. The van der Waals surface area contributed by atoms with Crippen molar-refractivity contribution in [2.75, 3.05) is 26.2 Å². The average Bonchev–Trinajstić information content (AvgIpc) is 3.00. The molecule has 0 saturated carbocycles. The van der Waals surface area contributed by atoms with Gasteiger partial charge >= 0.3 is 5.97 Å². The molecule has 1 heterocycles. The Hall–Kier alpha value is -3.23. The molecule has 4 rings (SSSR count). The van der Waals surface area contributed by atoms with E-state index in [1.807, 2.05) is 60.7 Å². The largest absolute Gasteiger partial charge is 0.459 e. The van der Waals surface area contributed by atoms with Gasteiger partial charge in [0.15, 0.2) is 0 Å². The predicted octanol–water partition coefficient (Wildman–Crippen LogP) is 5.57. The molecule has 0 radical (unpaired) electrons. The highest BCUT2D eigenvalue weighted by Crippen LogP contribution is 2.38. The number of likely N-dealkylation sites (tertiary alicyclic amines) is 1. The van der Waals surface area contributed by atoms with Gasteiger partial charge in [0, 0.05) is 30.1 Å². The Morgan fingerprint density at radius 1 is 0.955 bits per heavy atom. The number of nitrogens with two attached hydrogens (primary N) is 1. The lowest BCUT2D eigenvalue weighted by Gasteiger charge is -2.40. The van der Waals surface area contributed by atoms with Gasteiger partial charge < -0.3 is 25.8 Å². The van der Waals surface area contributed by atoms with E-state index in [1.54, 1.807) is 20.8 Å². The molecule has 236 valence electrons. The second-order valence-electron chi connectivity index (χ2n) is 12.9. The average molecular weight is 620 g/mol. The Kier molecular flexibility index (Phi) is 11.2. The van der Waals surface area contributed by atoms with Gasteiger partial charge in [-0.2, -0.15) is 0 Å². The van der Waals surface area contributed by atoms with Crippen LogP contribution in [0.3, 0.4) is 0 Å². The SMILES string of the molecule is CC(C)(C)OC(=O)C(N)CC(=O)NCC(CCCN1CCC(O)(c2ccc(Cl)cc2)CC1)(c1ccccc1)c1ccccc1. The van der Waals surface area contributed by atoms with Crippen molar-refractivity contribution in [2.45, 2.75) is 75.5 Å². The van der Waals surface area contributed by atoms with Crippen LogP contribution in [0, 0.1) is 0 Å². The molecule has 1 fully saturated rings. The molecule has 7 nitrogen and oxygen atoms in total. The highest BCUT2D eigenvalue weighted by atomic mass is 35.5. The predicted molar refractivity (Wildman–Crippen MR) is 175 cm³/mol. The maximum Gasteiger partial charge on any atom is 0.323 e. The molecule has 0 aliphatic carbocycles. The molecule has 8 heteroatoms.